The molecule has 0 aliphatic carbocycles. The zero-order valence-corrected chi connectivity index (χ0v) is 25.0. The average Bonchev–Trinajstić information content (AvgIpc) is 3.03. The molecule has 3 fully saturated rings. The van der Waals surface area contributed by atoms with Crippen LogP contribution in [-0.4, -0.2) is 98.5 Å². The smallest absolute Gasteiger partial charge is 0.491 e. The van der Waals surface area contributed by atoms with Crippen LogP contribution >= 0.6 is 0 Å². The summed E-state index contributed by atoms with van der Waals surface area (Å²) in [5.41, 5.74) is 0.978. The summed E-state index contributed by atoms with van der Waals surface area (Å²) in [5, 5.41) is 6.95. The first-order valence-electron chi connectivity index (χ1n) is 15.0. The van der Waals surface area contributed by atoms with Gasteiger partial charge in [0, 0.05) is 45.4 Å². The number of benzene rings is 1. The van der Waals surface area contributed by atoms with E-state index in [2.05, 4.69) is 25.3 Å². The van der Waals surface area contributed by atoms with Gasteiger partial charge >= 0.3 is 6.36 Å². The first-order valence-corrected chi connectivity index (χ1v) is 15.0. The zero-order chi connectivity index (χ0) is 31.1. The lowest BCUT2D eigenvalue weighted by atomic mass is 9.98. The van der Waals surface area contributed by atoms with Gasteiger partial charge in [-0.25, -0.2) is 9.97 Å². The molecule has 2 aromatic rings. The fraction of sp³-hybridized carbons (Fsp3) is 0.633. The number of alkyl halides is 3. The van der Waals surface area contributed by atoms with Gasteiger partial charge in [-0.15, -0.1) is 13.2 Å². The Kier molecular flexibility index (Phi) is 10.8. The van der Waals surface area contributed by atoms with Gasteiger partial charge in [0.15, 0.2) is 17.3 Å². The van der Waals surface area contributed by atoms with Gasteiger partial charge < -0.3 is 39.2 Å². The minimum Gasteiger partial charge on any atom is -0.491 e. The fourth-order valence-electron chi connectivity index (χ4n) is 6.07. The van der Waals surface area contributed by atoms with E-state index in [1.807, 2.05) is 0 Å². The van der Waals surface area contributed by atoms with Gasteiger partial charge in [-0.1, -0.05) is 12.1 Å². The van der Waals surface area contributed by atoms with Crippen molar-refractivity contribution in [3.63, 3.8) is 0 Å². The molecule has 0 radical (unpaired) electrons. The molecule has 2 N–H and O–H groups in total. The van der Waals surface area contributed by atoms with Crippen LogP contribution in [0.3, 0.4) is 0 Å². The summed E-state index contributed by atoms with van der Waals surface area (Å²) in [4.78, 5) is 23.9. The van der Waals surface area contributed by atoms with Crippen molar-refractivity contribution in [2.75, 3.05) is 52.4 Å². The number of rotatable bonds is 10. The highest BCUT2D eigenvalue weighted by molar-refractivity contribution is 5.96. The average molecular weight is 624 g/mol. The number of hydrogen-bond acceptors (Lipinski definition) is 10. The molecule has 0 unspecified atom stereocenters. The van der Waals surface area contributed by atoms with Gasteiger partial charge in [0.25, 0.3) is 5.91 Å². The van der Waals surface area contributed by atoms with Crippen LogP contribution in [0.4, 0.5) is 19.0 Å². The molecule has 1 aromatic heterocycles. The van der Waals surface area contributed by atoms with Crippen LogP contribution in [0.1, 0.15) is 60.7 Å². The second-order valence-electron chi connectivity index (χ2n) is 11.3. The van der Waals surface area contributed by atoms with Crippen LogP contribution in [0.25, 0.3) is 0 Å². The predicted molar refractivity (Wildman–Crippen MR) is 154 cm³/mol. The molecule has 4 heterocycles. The predicted octanol–water partition coefficient (Wildman–Crippen LogP) is 4.10. The number of nitrogens with zero attached hydrogens (tertiary/aromatic N) is 3. The largest absolute Gasteiger partial charge is 0.573 e. The maximum Gasteiger partial charge on any atom is 0.573 e. The quantitative estimate of drug-likeness (QED) is 0.401. The molecule has 14 heteroatoms. The number of aromatic nitrogens is 2. The first-order chi connectivity index (χ1) is 21.2. The molecular weight excluding hydrogens is 583 g/mol. The van der Waals surface area contributed by atoms with Gasteiger partial charge in [-0.05, 0) is 56.2 Å². The summed E-state index contributed by atoms with van der Waals surface area (Å²) in [6, 6.07) is 6.29. The van der Waals surface area contributed by atoms with Crippen molar-refractivity contribution in [2.45, 2.75) is 75.3 Å². The lowest BCUT2D eigenvalue weighted by Crippen LogP contribution is -2.54. The minimum absolute atomic E-state index is 0.0257. The van der Waals surface area contributed by atoms with E-state index in [0.717, 1.165) is 44.1 Å². The second kappa shape index (κ2) is 14.7. The maximum atomic E-state index is 13.5. The van der Waals surface area contributed by atoms with Crippen molar-refractivity contribution in [3.8, 4) is 11.5 Å². The van der Waals surface area contributed by atoms with Crippen molar-refractivity contribution >= 4 is 11.7 Å². The molecule has 0 bridgehead atoms. The summed E-state index contributed by atoms with van der Waals surface area (Å²) in [7, 11) is 3.19. The maximum absolute atomic E-state index is 13.5. The molecule has 242 valence electrons. The van der Waals surface area contributed by atoms with E-state index in [0.29, 0.717) is 38.7 Å². The number of piperidine rings is 1. The molecule has 0 spiro atoms. The van der Waals surface area contributed by atoms with Crippen molar-refractivity contribution < 1.29 is 41.7 Å². The van der Waals surface area contributed by atoms with E-state index < -0.39 is 6.36 Å². The molecule has 5 rings (SSSR count). The van der Waals surface area contributed by atoms with Crippen LogP contribution in [0.2, 0.25) is 0 Å². The van der Waals surface area contributed by atoms with Gasteiger partial charge in [-0.2, -0.15) is 0 Å². The molecule has 3 saturated heterocycles. The number of hydrogen-bond donors (Lipinski definition) is 2. The van der Waals surface area contributed by atoms with E-state index in [4.69, 9.17) is 18.9 Å². The molecule has 1 aromatic carbocycles. The Hall–Kier alpha value is -3.20. The third-order valence-electron chi connectivity index (χ3n) is 8.38. The summed E-state index contributed by atoms with van der Waals surface area (Å²) in [6.07, 6.45) is 1.14. The van der Waals surface area contributed by atoms with Crippen LogP contribution in [0.15, 0.2) is 30.6 Å². The topological polar surface area (TPSA) is 116 Å². The fourth-order valence-corrected chi connectivity index (χ4v) is 6.07. The molecular formula is C30H40F3N5O6. The monoisotopic (exact) mass is 623 g/mol. The number of carbonyl (C=O) groups excluding carboxylic acids is 1. The lowest BCUT2D eigenvalue weighted by molar-refractivity contribution is -0.274. The number of methoxy groups -OCH3 is 2. The number of likely N-dealkylation sites (tertiary alicyclic amines) is 1. The number of halogens is 3. The summed E-state index contributed by atoms with van der Waals surface area (Å²) in [5.74, 6) is 0.189. The van der Waals surface area contributed by atoms with E-state index >= 15 is 0 Å². The van der Waals surface area contributed by atoms with Crippen molar-refractivity contribution in [2.24, 2.45) is 0 Å². The Morgan fingerprint density at radius 2 is 1.84 bits per heavy atom. The molecule has 44 heavy (non-hydrogen) atoms. The zero-order valence-electron chi connectivity index (χ0n) is 25.0. The van der Waals surface area contributed by atoms with Gasteiger partial charge in [0.1, 0.15) is 12.1 Å². The molecule has 11 nitrogen and oxygen atoms in total. The van der Waals surface area contributed by atoms with Crippen LogP contribution in [-0.2, 0) is 14.2 Å². The van der Waals surface area contributed by atoms with E-state index in [-0.39, 0.29) is 53.5 Å². The Bertz CT molecular complexity index is 1230. The Labute approximate surface area is 254 Å². The van der Waals surface area contributed by atoms with Gasteiger partial charge in [-0.3, -0.25) is 4.79 Å². The molecule has 3 aliphatic rings. The minimum atomic E-state index is -4.74. The van der Waals surface area contributed by atoms with Crippen LogP contribution in [0, 0.1) is 0 Å². The summed E-state index contributed by atoms with van der Waals surface area (Å²) in [6.45, 7) is 2.88. The standard InChI is InChI=1S/C30H40F3N5O6/c1-40-25-17-42-15-12-23(25)37-20-10-13-38(14-11-20)29(39)26-27(41-2)28(36-18-35-26)34-16-22-4-3-5-24(43-22)19-6-8-21(9-7-19)44-30(31,32)33/h6-9,18,20,22-25,37H,3-5,10-17H2,1-2H3,(H,34,35,36)/t22-,23+,24+,25-/m1/s1. The van der Waals surface area contributed by atoms with E-state index in [1.54, 1.807) is 24.1 Å². The number of carbonyl (C=O) groups is 1. The highest BCUT2D eigenvalue weighted by Gasteiger charge is 2.33. The first kappa shape index (κ1) is 32.2. The van der Waals surface area contributed by atoms with E-state index in [9.17, 15) is 18.0 Å². The van der Waals surface area contributed by atoms with Gasteiger partial charge in [0.05, 0.1) is 32.0 Å². The normalized spacial score (nSPS) is 25.0. The Balaban J connectivity index is 1.15. The lowest BCUT2D eigenvalue weighted by Gasteiger charge is -2.38. The third kappa shape index (κ3) is 8.29. The van der Waals surface area contributed by atoms with Crippen molar-refractivity contribution in [1.82, 2.24) is 20.2 Å². The highest BCUT2D eigenvalue weighted by atomic mass is 19.4. The van der Waals surface area contributed by atoms with Gasteiger partial charge in [0.2, 0.25) is 0 Å². The highest BCUT2D eigenvalue weighted by Crippen LogP contribution is 2.34. The molecule has 4 atom stereocenters. The Morgan fingerprint density at radius 3 is 2.55 bits per heavy atom. The third-order valence-corrected chi connectivity index (χ3v) is 8.38. The van der Waals surface area contributed by atoms with Crippen molar-refractivity contribution in [1.29, 1.82) is 0 Å². The van der Waals surface area contributed by atoms with Crippen molar-refractivity contribution in [3.05, 3.63) is 41.9 Å². The van der Waals surface area contributed by atoms with Crippen LogP contribution in [0.5, 0.6) is 11.5 Å². The number of amides is 1. The van der Waals surface area contributed by atoms with Crippen LogP contribution < -0.4 is 20.1 Å². The molecule has 1 amide bonds. The molecule has 3 aliphatic heterocycles. The Morgan fingerprint density at radius 1 is 1.07 bits per heavy atom. The summed E-state index contributed by atoms with van der Waals surface area (Å²) < 4.78 is 64.4. The molecule has 0 saturated carbocycles. The van der Waals surface area contributed by atoms with E-state index in [1.165, 1.54) is 25.6 Å². The second-order valence-corrected chi connectivity index (χ2v) is 11.3. The summed E-state index contributed by atoms with van der Waals surface area (Å²) >= 11 is 0. The SMILES string of the molecule is COc1c(NC[C@H]2CCC[C@@H](c3ccc(OC(F)(F)F)cc3)O2)ncnc1C(=O)N1CCC(N[C@H]2CCOC[C@H]2OC)CC1. The number of anilines is 1. The number of nitrogens with one attached hydrogen (secondary N) is 2. The number of ether oxygens (including phenoxy) is 5.